The predicted octanol–water partition coefficient (Wildman–Crippen LogP) is 0.574. The van der Waals surface area contributed by atoms with Crippen molar-refractivity contribution in [3.63, 3.8) is 0 Å². The van der Waals surface area contributed by atoms with Crippen molar-refractivity contribution < 1.29 is 24.5 Å². The molecule has 1 aromatic rings. The first-order chi connectivity index (χ1) is 11.5. The van der Waals surface area contributed by atoms with Crippen LogP contribution in [0.3, 0.4) is 0 Å². The minimum Gasteiger partial charge on any atom is -0.478 e. The van der Waals surface area contributed by atoms with Crippen LogP contribution >= 0.6 is 0 Å². The maximum absolute atomic E-state index is 11.3. The Labute approximate surface area is 140 Å². The van der Waals surface area contributed by atoms with Gasteiger partial charge in [0.2, 0.25) is 0 Å². The number of H-pyrrole nitrogens is 1. The zero-order valence-electron chi connectivity index (χ0n) is 13.9. The van der Waals surface area contributed by atoms with Crippen LogP contribution in [-0.4, -0.2) is 78.0 Å². The highest BCUT2D eigenvalue weighted by Crippen LogP contribution is 2.19. The third-order valence-electron chi connectivity index (χ3n) is 4.24. The van der Waals surface area contributed by atoms with Gasteiger partial charge in [0, 0.05) is 31.9 Å². The number of nitrogens with one attached hydrogen (secondary N) is 2. The van der Waals surface area contributed by atoms with Gasteiger partial charge >= 0.3 is 11.9 Å². The van der Waals surface area contributed by atoms with Crippen molar-refractivity contribution in [3.05, 3.63) is 22.5 Å². The summed E-state index contributed by atoms with van der Waals surface area (Å²) in [6.45, 7) is 7.61. The van der Waals surface area contributed by atoms with Crippen LogP contribution in [0, 0.1) is 6.92 Å². The summed E-state index contributed by atoms with van der Waals surface area (Å²) in [5.41, 5.74) is 0.807. The number of aromatic amines is 1. The van der Waals surface area contributed by atoms with Crippen molar-refractivity contribution in [2.75, 3.05) is 45.9 Å². The molecule has 1 aliphatic heterocycles. The normalized spacial score (nSPS) is 15.5. The Morgan fingerprint density at radius 3 is 2.54 bits per heavy atom. The van der Waals surface area contributed by atoms with E-state index in [4.69, 9.17) is 9.84 Å². The molecule has 4 N–H and O–H groups in total. The molecule has 0 radical (unpaired) electrons. The molecular weight excluding hydrogens is 314 g/mol. The van der Waals surface area contributed by atoms with Gasteiger partial charge in [0.05, 0.1) is 18.8 Å². The number of carbonyl (C=O) groups is 2. The lowest BCUT2D eigenvalue weighted by atomic mass is 10.1. The number of aromatic carboxylic acids is 2. The largest absolute Gasteiger partial charge is 0.478 e. The van der Waals surface area contributed by atoms with Crippen molar-refractivity contribution in [1.82, 2.24) is 15.2 Å². The topological polar surface area (TPSA) is 115 Å². The standard InChI is InChI=1S/C16H25N3O5/c1-11-13(15(20)21)12(18-14(11)16(22)23)3-2-4-17-5-6-19-7-9-24-10-8-19/h17-18H,2-10H2,1H3,(H,20,21)(H,22,23). The smallest absolute Gasteiger partial charge is 0.352 e. The number of hydrogen-bond acceptors (Lipinski definition) is 5. The molecule has 2 heterocycles. The third kappa shape index (κ3) is 4.80. The lowest BCUT2D eigenvalue weighted by Gasteiger charge is -2.26. The zero-order chi connectivity index (χ0) is 17.5. The molecule has 0 aromatic carbocycles. The first-order valence-electron chi connectivity index (χ1n) is 8.19. The fourth-order valence-corrected chi connectivity index (χ4v) is 2.93. The Morgan fingerprint density at radius 2 is 1.92 bits per heavy atom. The van der Waals surface area contributed by atoms with Crippen LogP contribution in [-0.2, 0) is 11.2 Å². The molecule has 0 saturated carbocycles. The number of carboxylic acid groups (broad SMARTS) is 2. The number of morpholine rings is 1. The van der Waals surface area contributed by atoms with E-state index in [0.717, 1.165) is 52.4 Å². The molecule has 1 aliphatic rings. The van der Waals surface area contributed by atoms with Crippen molar-refractivity contribution in [2.24, 2.45) is 0 Å². The Balaban J connectivity index is 1.76. The van der Waals surface area contributed by atoms with E-state index in [0.29, 0.717) is 12.1 Å². The molecule has 24 heavy (non-hydrogen) atoms. The van der Waals surface area contributed by atoms with Crippen LogP contribution in [0.1, 0.15) is 38.5 Å². The summed E-state index contributed by atoms with van der Waals surface area (Å²) in [7, 11) is 0. The minimum absolute atomic E-state index is 0.0392. The van der Waals surface area contributed by atoms with Gasteiger partial charge in [-0.15, -0.1) is 0 Å². The van der Waals surface area contributed by atoms with Gasteiger partial charge in [-0.05, 0) is 31.9 Å². The Hall–Kier alpha value is -1.90. The van der Waals surface area contributed by atoms with Crippen molar-refractivity contribution in [2.45, 2.75) is 19.8 Å². The van der Waals surface area contributed by atoms with Gasteiger partial charge in [-0.1, -0.05) is 0 Å². The van der Waals surface area contributed by atoms with Crippen LogP contribution in [0.5, 0.6) is 0 Å². The predicted molar refractivity (Wildman–Crippen MR) is 87.9 cm³/mol. The minimum atomic E-state index is -1.13. The lowest BCUT2D eigenvalue weighted by Crippen LogP contribution is -2.40. The first-order valence-corrected chi connectivity index (χ1v) is 8.19. The molecule has 0 bridgehead atoms. The van der Waals surface area contributed by atoms with E-state index >= 15 is 0 Å². The van der Waals surface area contributed by atoms with E-state index in [-0.39, 0.29) is 16.8 Å². The molecule has 1 saturated heterocycles. The Morgan fingerprint density at radius 1 is 1.21 bits per heavy atom. The van der Waals surface area contributed by atoms with E-state index in [1.54, 1.807) is 0 Å². The van der Waals surface area contributed by atoms with E-state index in [2.05, 4.69) is 15.2 Å². The number of ether oxygens (including phenoxy) is 1. The molecule has 0 aliphatic carbocycles. The molecule has 8 heteroatoms. The highest BCUT2D eigenvalue weighted by atomic mass is 16.5. The number of nitrogens with zero attached hydrogens (tertiary/aromatic N) is 1. The maximum atomic E-state index is 11.3. The van der Waals surface area contributed by atoms with Gasteiger partial charge in [0.1, 0.15) is 5.69 Å². The quantitative estimate of drug-likeness (QED) is 0.486. The van der Waals surface area contributed by atoms with Gasteiger partial charge < -0.3 is 25.3 Å². The zero-order valence-corrected chi connectivity index (χ0v) is 13.9. The molecule has 0 spiro atoms. The van der Waals surface area contributed by atoms with Crippen LogP contribution in [0.2, 0.25) is 0 Å². The number of aryl methyl sites for hydroxylation is 1. The van der Waals surface area contributed by atoms with E-state index < -0.39 is 11.9 Å². The summed E-state index contributed by atoms with van der Waals surface area (Å²) < 4.78 is 5.30. The van der Waals surface area contributed by atoms with Crippen LogP contribution in [0.25, 0.3) is 0 Å². The van der Waals surface area contributed by atoms with Crippen LogP contribution in [0.15, 0.2) is 0 Å². The first kappa shape index (κ1) is 18.4. The second-order valence-corrected chi connectivity index (χ2v) is 5.90. The molecule has 2 rings (SSSR count). The van der Waals surface area contributed by atoms with E-state index in [1.165, 1.54) is 6.92 Å². The fourth-order valence-electron chi connectivity index (χ4n) is 2.93. The number of hydrogen-bond donors (Lipinski definition) is 4. The molecule has 1 fully saturated rings. The van der Waals surface area contributed by atoms with Crippen molar-refractivity contribution in [3.8, 4) is 0 Å². The number of aromatic nitrogens is 1. The summed E-state index contributed by atoms with van der Waals surface area (Å²) in [6, 6.07) is 0. The second-order valence-electron chi connectivity index (χ2n) is 5.90. The van der Waals surface area contributed by atoms with Gasteiger partial charge in [0.25, 0.3) is 0 Å². The molecule has 0 unspecified atom stereocenters. The molecule has 134 valence electrons. The van der Waals surface area contributed by atoms with Gasteiger partial charge in [-0.2, -0.15) is 0 Å². The number of carboxylic acids is 2. The van der Waals surface area contributed by atoms with Crippen molar-refractivity contribution in [1.29, 1.82) is 0 Å². The highest BCUT2D eigenvalue weighted by molar-refractivity contribution is 5.97. The summed E-state index contributed by atoms with van der Waals surface area (Å²) >= 11 is 0. The second kappa shape index (κ2) is 8.81. The Kier molecular flexibility index (Phi) is 6.77. The number of rotatable bonds is 9. The van der Waals surface area contributed by atoms with Gasteiger partial charge in [-0.25, -0.2) is 9.59 Å². The van der Waals surface area contributed by atoms with E-state index in [9.17, 15) is 14.7 Å². The average Bonchev–Trinajstić information content (AvgIpc) is 2.88. The average molecular weight is 339 g/mol. The lowest BCUT2D eigenvalue weighted by molar-refractivity contribution is 0.0384. The van der Waals surface area contributed by atoms with Crippen LogP contribution < -0.4 is 5.32 Å². The van der Waals surface area contributed by atoms with Crippen molar-refractivity contribution >= 4 is 11.9 Å². The fraction of sp³-hybridized carbons (Fsp3) is 0.625. The summed E-state index contributed by atoms with van der Waals surface area (Å²) in [6.07, 6.45) is 1.24. The molecular formula is C16H25N3O5. The summed E-state index contributed by atoms with van der Waals surface area (Å²) in [4.78, 5) is 27.6. The summed E-state index contributed by atoms with van der Waals surface area (Å²) in [5.74, 6) is -2.23. The van der Waals surface area contributed by atoms with E-state index in [1.807, 2.05) is 0 Å². The highest BCUT2D eigenvalue weighted by Gasteiger charge is 2.22. The maximum Gasteiger partial charge on any atom is 0.352 e. The third-order valence-corrected chi connectivity index (χ3v) is 4.24. The molecule has 8 nitrogen and oxygen atoms in total. The monoisotopic (exact) mass is 339 g/mol. The SMILES string of the molecule is Cc1c(C(=O)O)[nH]c(CCCNCCN2CCOCC2)c1C(=O)O. The van der Waals surface area contributed by atoms with Gasteiger partial charge in [-0.3, -0.25) is 4.90 Å². The summed E-state index contributed by atoms with van der Waals surface area (Å²) in [5, 5.41) is 21.7. The molecule has 0 atom stereocenters. The Bertz CT molecular complexity index is 579. The molecule has 1 aromatic heterocycles. The van der Waals surface area contributed by atoms with Gasteiger partial charge in [0.15, 0.2) is 0 Å². The molecule has 0 amide bonds. The van der Waals surface area contributed by atoms with Crippen LogP contribution in [0.4, 0.5) is 0 Å².